The molecule has 0 saturated heterocycles. The third kappa shape index (κ3) is 8.73. The first-order valence-corrected chi connectivity index (χ1v) is 12.3. The van der Waals surface area contributed by atoms with Gasteiger partial charge in [0, 0.05) is 0 Å². The molecule has 0 saturated carbocycles. The minimum absolute atomic E-state index is 0.216. The summed E-state index contributed by atoms with van der Waals surface area (Å²) in [7, 11) is 5.49. The highest BCUT2D eigenvalue weighted by atomic mass is 16.5. The lowest BCUT2D eigenvalue weighted by molar-refractivity contribution is 0.285. The van der Waals surface area contributed by atoms with E-state index in [-0.39, 0.29) is 5.92 Å². The first-order valence-electron chi connectivity index (χ1n) is 12.3. The van der Waals surface area contributed by atoms with Crippen LogP contribution >= 0.6 is 0 Å². The standard InChI is InChI=1S/C27H46N2O2/c1-7-8-9-10-11-12-13-14-19-29(4)20-15-18-27(22-28,23(2)3)24-16-17-25(30-5)26(21-24)31-6/h16-17,21,23H,7-15,18-20H2,1-6H3. The van der Waals surface area contributed by atoms with Gasteiger partial charge in [0.2, 0.25) is 0 Å². The van der Waals surface area contributed by atoms with Crippen LogP contribution in [-0.4, -0.2) is 39.3 Å². The molecular weight excluding hydrogens is 384 g/mol. The van der Waals surface area contributed by atoms with E-state index >= 15 is 0 Å². The molecule has 0 bridgehead atoms. The van der Waals surface area contributed by atoms with Gasteiger partial charge >= 0.3 is 0 Å². The predicted octanol–water partition coefficient (Wildman–Crippen LogP) is 6.97. The Balaban J connectivity index is 2.54. The molecule has 0 aromatic heterocycles. The molecule has 0 aliphatic carbocycles. The number of benzene rings is 1. The third-order valence-corrected chi connectivity index (χ3v) is 6.59. The Kier molecular flexibility index (Phi) is 13.3. The van der Waals surface area contributed by atoms with Crippen LogP contribution in [0.15, 0.2) is 18.2 Å². The van der Waals surface area contributed by atoms with Crippen molar-refractivity contribution in [3.63, 3.8) is 0 Å². The fraction of sp³-hybridized carbons (Fsp3) is 0.741. The fourth-order valence-electron chi connectivity index (χ4n) is 4.38. The molecule has 1 unspecified atom stereocenters. The van der Waals surface area contributed by atoms with Crippen molar-refractivity contribution < 1.29 is 9.47 Å². The van der Waals surface area contributed by atoms with E-state index in [4.69, 9.17) is 9.47 Å². The van der Waals surface area contributed by atoms with Gasteiger partial charge in [0.15, 0.2) is 11.5 Å². The SMILES string of the molecule is CCCCCCCCCCN(C)CCCC(C#N)(c1ccc(OC)c(OC)c1)C(C)C. The molecule has 0 amide bonds. The predicted molar refractivity (Wildman–Crippen MR) is 131 cm³/mol. The Hall–Kier alpha value is -1.73. The van der Waals surface area contributed by atoms with Crippen molar-refractivity contribution in [2.75, 3.05) is 34.4 Å². The van der Waals surface area contributed by atoms with Gasteiger partial charge in [0.25, 0.3) is 0 Å². The number of nitrogens with zero attached hydrogens (tertiary/aromatic N) is 2. The van der Waals surface area contributed by atoms with Crippen LogP contribution in [0.5, 0.6) is 11.5 Å². The number of rotatable bonds is 17. The van der Waals surface area contributed by atoms with E-state index in [1.807, 2.05) is 18.2 Å². The van der Waals surface area contributed by atoms with E-state index in [9.17, 15) is 5.26 Å². The second-order valence-electron chi connectivity index (χ2n) is 9.19. The second-order valence-corrected chi connectivity index (χ2v) is 9.19. The van der Waals surface area contributed by atoms with Crippen LogP contribution in [0.2, 0.25) is 0 Å². The minimum Gasteiger partial charge on any atom is -0.493 e. The summed E-state index contributed by atoms with van der Waals surface area (Å²) in [6, 6.07) is 8.57. The van der Waals surface area contributed by atoms with Crippen molar-refractivity contribution in [3.05, 3.63) is 23.8 Å². The van der Waals surface area contributed by atoms with Crippen molar-refractivity contribution in [3.8, 4) is 17.6 Å². The number of nitriles is 1. The van der Waals surface area contributed by atoms with Crippen molar-refractivity contribution in [1.82, 2.24) is 4.90 Å². The van der Waals surface area contributed by atoms with Gasteiger partial charge in [-0.1, -0.05) is 71.8 Å². The van der Waals surface area contributed by atoms with Gasteiger partial charge in [-0.25, -0.2) is 0 Å². The van der Waals surface area contributed by atoms with Crippen LogP contribution in [0.25, 0.3) is 0 Å². The average Bonchev–Trinajstić information content (AvgIpc) is 2.78. The summed E-state index contributed by atoms with van der Waals surface area (Å²) in [6.45, 7) is 8.73. The number of methoxy groups -OCH3 is 2. The second kappa shape index (κ2) is 15.1. The van der Waals surface area contributed by atoms with Crippen LogP contribution in [0.1, 0.15) is 90.5 Å². The van der Waals surface area contributed by atoms with Crippen LogP contribution in [0, 0.1) is 17.2 Å². The number of hydrogen-bond acceptors (Lipinski definition) is 4. The van der Waals surface area contributed by atoms with Crippen molar-refractivity contribution >= 4 is 0 Å². The quantitative estimate of drug-likeness (QED) is 0.250. The number of ether oxygens (including phenoxy) is 2. The topological polar surface area (TPSA) is 45.5 Å². The normalized spacial score (nSPS) is 13.3. The molecule has 1 aromatic rings. The third-order valence-electron chi connectivity index (χ3n) is 6.59. The zero-order valence-corrected chi connectivity index (χ0v) is 21.0. The molecule has 1 atom stereocenters. The summed E-state index contributed by atoms with van der Waals surface area (Å²) >= 11 is 0. The molecule has 0 spiro atoms. The van der Waals surface area contributed by atoms with Crippen LogP contribution < -0.4 is 9.47 Å². The monoisotopic (exact) mass is 430 g/mol. The van der Waals surface area contributed by atoms with Gasteiger partial charge in [0.1, 0.15) is 0 Å². The molecule has 176 valence electrons. The first kappa shape index (κ1) is 27.3. The smallest absolute Gasteiger partial charge is 0.161 e. The molecule has 31 heavy (non-hydrogen) atoms. The van der Waals surface area contributed by atoms with Gasteiger partial charge in [-0.2, -0.15) is 5.26 Å². The maximum Gasteiger partial charge on any atom is 0.161 e. The van der Waals surface area contributed by atoms with Crippen molar-refractivity contribution in [1.29, 1.82) is 5.26 Å². The van der Waals surface area contributed by atoms with E-state index in [1.54, 1.807) is 14.2 Å². The summed E-state index contributed by atoms with van der Waals surface area (Å²) in [5, 5.41) is 10.2. The Labute approximate surface area is 191 Å². The summed E-state index contributed by atoms with van der Waals surface area (Å²) < 4.78 is 10.9. The largest absolute Gasteiger partial charge is 0.493 e. The minimum atomic E-state index is -0.515. The zero-order chi connectivity index (χ0) is 23.1. The van der Waals surface area contributed by atoms with Gasteiger partial charge in [-0.05, 0) is 63.0 Å². The molecule has 0 radical (unpaired) electrons. The van der Waals surface area contributed by atoms with Gasteiger partial charge < -0.3 is 14.4 Å². The maximum atomic E-state index is 10.2. The molecule has 0 fully saturated rings. The van der Waals surface area contributed by atoms with E-state index < -0.39 is 5.41 Å². The molecule has 0 N–H and O–H groups in total. The van der Waals surface area contributed by atoms with Crippen LogP contribution in [-0.2, 0) is 5.41 Å². The lowest BCUT2D eigenvalue weighted by Gasteiger charge is -2.32. The molecule has 0 aliphatic rings. The summed E-state index contributed by atoms with van der Waals surface area (Å²) in [4.78, 5) is 2.42. The van der Waals surface area contributed by atoms with Crippen LogP contribution in [0.3, 0.4) is 0 Å². The molecular formula is C27H46N2O2. The fourth-order valence-corrected chi connectivity index (χ4v) is 4.38. The maximum absolute atomic E-state index is 10.2. The Bertz CT molecular complexity index is 653. The molecule has 1 rings (SSSR count). The van der Waals surface area contributed by atoms with E-state index in [2.05, 4.69) is 38.8 Å². The van der Waals surface area contributed by atoms with E-state index in [0.29, 0.717) is 11.5 Å². The Morgan fingerprint density at radius 2 is 1.48 bits per heavy atom. The molecule has 4 heteroatoms. The highest BCUT2D eigenvalue weighted by molar-refractivity contribution is 5.47. The Morgan fingerprint density at radius 3 is 2.03 bits per heavy atom. The highest BCUT2D eigenvalue weighted by Crippen LogP contribution is 2.40. The summed E-state index contributed by atoms with van der Waals surface area (Å²) in [5.74, 6) is 1.60. The molecule has 4 nitrogen and oxygen atoms in total. The number of unbranched alkanes of at least 4 members (excludes halogenated alkanes) is 7. The van der Waals surface area contributed by atoms with Crippen LogP contribution in [0.4, 0.5) is 0 Å². The lowest BCUT2D eigenvalue weighted by atomic mass is 9.69. The van der Waals surface area contributed by atoms with Crippen molar-refractivity contribution in [2.24, 2.45) is 5.92 Å². The summed E-state index contributed by atoms with van der Waals surface area (Å²) in [6.07, 6.45) is 12.7. The average molecular weight is 431 g/mol. The number of hydrogen-bond donors (Lipinski definition) is 0. The lowest BCUT2D eigenvalue weighted by Crippen LogP contribution is -2.32. The van der Waals surface area contributed by atoms with Crippen molar-refractivity contribution in [2.45, 2.75) is 90.4 Å². The van der Waals surface area contributed by atoms with Gasteiger partial charge in [0.05, 0.1) is 25.7 Å². The highest BCUT2D eigenvalue weighted by Gasteiger charge is 2.36. The summed E-state index contributed by atoms with van der Waals surface area (Å²) in [5.41, 5.74) is 0.507. The van der Waals surface area contributed by atoms with E-state index in [0.717, 1.165) is 31.5 Å². The first-order chi connectivity index (χ1) is 14.9. The van der Waals surface area contributed by atoms with Gasteiger partial charge in [-0.15, -0.1) is 0 Å². The van der Waals surface area contributed by atoms with E-state index in [1.165, 1.54) is 51.4 Å². The zero-order valence-electron chi connectivity index (χ0n) is 21.0. The van der Waals surface area contributed by atoms with Gasteiger partial charge in [-0.3, -0.25) is 0 Å². The Morgan fingerprint density at radius 1 is 0.903 bits per heavy atom. The molecule has 1 aromatic carbocycles. The molecule has 0 heterocycles. The molecule has 0 aliphatic heterocycles.